The van der Waals surface area contributed by atoms with Crippen LogP contribution in [0.2, 0.25) is 5.02 Å². The zero-order chi connectivity index (χ0) is 16.6. The minimum absolute atomic E-state index is 0.0494. The molecule has 0 saturated carbocycles. The van der Waals surface area contributed by atoms with Crippen LogP contribution in [-0.2, 0) is 6.54 Å². The molecule has 1 fully saturated rings. The quantitative estimate of drug-likeness (QED) is 0.893. The van der Waals surface area contributed by atoms with Crippen LogP contribution in [0.3, 0.4) is 0 Å². The van der Waals surface area contributed by atoms with E-state index in [0.29, 0.717) is 22.4 Å². The van der Waals surface area contributed by atoms with Crippen LogP contribution in [0, 0.1) is 5.82 Å². The molecular formula is C16H19ClFN3OS. The Balaban J connectivity index is 1.97. The lowest BCUT2D eigenvalue weighted by Gasteiger charge is -2.20. The SMILES string of the molecule is COc1c(F)cc(-c2nc(N)sc2CN2CCC[C@H]2C)cc1Cl. The van der Waals surface area contributed by atoms with Gasteiger partial charge in [-0.3, -0.25) is 4.90 Å². The summed E-state index contributed by atoms with van der Waals surface area (Å²) in [6, 6.07) is 3.62. The van der Waals surface area contributed by atoms with Gasteiger partial charge in [0, 0.05) is 23.0 Å². The molecular weight excluding hydrogens is 337 g/mol. The molecule has 0 radical (unpaired) electrons. The van der Waals surface area contributed by atoms with E-state index in [2.05, 4.69) is 16.8 Å². The third-order valence-corrected chi connectivity index (χ3v) is 5.38. The molecule has 1 atom stereocenters. The van der Waals surface area contributed by atoms with E-state index in [4.69, 9.17) is 22.1 Å². The van der Waals surface area contributed by atoms with Gasteiger partial charge in [-0.25, -0.2) is 9.37 Å². The summed E-state index contributed by atoms with van der Waals surface area (Å²) in [5.41, 5.74) is 7.23. The number of thiazole rings is 1. The van der Waals surface area contributed by atoms with E-state index in [1.54, 1.807) is 6.07 Å². The number of nitrogens with two attached hydrogens (primary N) is 1. The van der Waals surface area contributed by atoms with Crippen molar-refractivity contribution >= 4 is 28.1 Å². The second-order valence-corrected chi connectivity index (χ2v) is 7.28. The Morgan fingerprint density at radius 2 is 2.30 bits per heavy atom. The Bertz CT molecular complexity index is 698. The van der Waals surface area contributed by atoms with Crippen molar-refractivity contribution in [2.75, 3.05) is 19.4 Å². The molecule has 0 unspecified atom stereocenters. The first-order chi connectivity index (χ1) is 11.0. The van der Waals surface area contributed by atoms with Gasteiger partial charge in [-0.2, -0.15) is 0 Å². The number of ether oxygens (including phenoxy) is 1. The maximum atomic E-state index is 14.1. The van der Waals surface area contributed by atoms with Crippen LogP contribution in [0.25, 0.3) is 11.3 Å². The van der Waals surface area contributed by atoms with E-state index < -0.39 is 5.82 Å². The summed E-state index contributed by atoms with van der Waals surface area (Å²) < 4.78 is 19.1. The lowest BCUT2D eigenvalue weighted by Crippen LogP contribution is -2.25. The third kappa shape index (κ3) is 3.29. The van der Waals surface area contributed by atoms with Crippen molar-refractivity contribution < 1.29 is 9.13 Å². The molecule has 2 aromatic rings. The number of nitrogens with zero attached hydrogens (tertiary/aromatic N) is 2. The zero-order valence-corrected chi connectivity index (χ0v) is 14.7. The number of rotatable bonds is 4. The minimum Gasteiger partial charge on any atom is -0.492 e. The van der Waals surface area contributed by atoms with Crippen molar-refractivity contribution in [1.82, 2.24) is 9.88 Å². The average molecular weight is 356 g/mol. The van der Waals surface area contributed by atoms with Gasteiger partial charge in [-0.15, -0.1) is 11.3 Å². The monoisotopic (exact) mass is 355 g/mol. The largest absolute Gasteiger partial charge is 0.492 e. The Labute approximate surface area is 144 Å². The smallest absolute Gasteiger partial charge is 0.180 e. The highest BCUT2D eigenvalue weighted by Gasteiger charge is 2.24. The van der Waals surface area contributed by atoms with Gasteiger partial charge in [0.2, 0.25) is 0 Å². The summed E-state index contributed by atoms with van der Waals surface area (Å²) in [5.74, 6) is -0.449. The number of hydrogen-bond donors (Lipinski definition) is 1. The van der Waals surface area contributed by atoms with E-state index >= 15 is 0 Å². The number of aromatic nitrogens is 1. The molecule has 1 aliphatic heterocycles. The standard InChI is InChI=1S/C16H19ClFN3OS/c1-9-4-3-5-21(9)8-13-14(20-16(19)23-13)10-6-11(17)15(22-2)12(18)7-10/h6-7,9H,3-5,8H2,1-2H3,(H2,19,20)/t9-/m1/s1. The first-order valence-electron chi connectivity index (χ1n) is 7.52. The molecule has 1 aliphatic rings. The molecule has 124 valence electrons. The van der Waals surface area contributed by atoms with Crippen LogP contribution in [-0.4, -0.2) is 29.6 Å². The number of benzene rings is 1. The maximum Gasteiger partial charge on any atom is 0.180 e. The van der Waals surface area contributed by atoms with Crippen LogP contribution < -0.4 is 10.5 Å². The van der Waals surface area contributed by atoms with Gasteiger partial charge < -0.3 is 10.5 Å². The summed E-state index contributed by atoms with van der Waals surface area (Å²) in [5, 5.41) is 0.712. The number of anilines is 1. The zero-order valence-electron chi connectivity index (χ0n) is 13.1. The summed E-state index contributed by atoms with van der Waals surface area (Å²) >= 11 is 7.55. The summed E-state index contributed by atoms with van der Waals surface area (Å²) in [6.45, 7) is 4.06. The fraction of sp³-hybridized carbons (Fsp3) is 0.438. The molecule has 0 aliphatic carbocycles. The Morgan fingerprint density at radius 3 is 2.91 bits per heavy atom. The first-order valence-corrected chi connectivity index (χ1v) is 8.71. The number of halogens is 2. The minimum atomic E-state index is -0.498. The van der Waals surface area contributed by atoms with Crippen molar-refractivity contribution in [3.8, 4) is 17.0 Å². The molecule has 0 bridgehead atoms. The summed E-state index contributed by atoms with van der Waals surface area (Å²) in [6.07, 6.45) is 2.40. The predicted octanol–water partition coefficient (Wildman–Crippen LogP) is 4.18. The summed E-state index contributed by atoms with van der Waals surface area (Å²) in [7, 11) is 1.39. The van der Waals surface area contributed by atoms with Gasteiger partial charge in [-0.1, -0.05) is 11.6 Å². The fourth-order valence-electron chi connectivity index (χ4n) is 3.01. The number of hydrogen-bond acceptors (Lipinski definition) is 5. The van der Waals surface area contributed by atoms with Gasteiger partial charge >= 0.3 is 0 Å². The van der Waals surface area contributed by atoms with Crippen LogP contribution in [0.4, 0.5) is 9.52 Å². The van der Waals surface area contributed by atoms with Crippen LogP contribution in [0.1, 0.15) is 24.6 Å². The predicted molar refractivity (Wildman–Crippen MR) is 92.6 cm³/mol. The molecule has 23 heavy (non-hydrogen) atoms. The average Bonchev–Trinajstić information content (AvgIpc) is 3.05. The van der Waals surface area contributed by atoms with Gasteiger partial charge in [0.05, 0.1) is 17.8 Å². The molecule has 1 aromatic heterocycles. The molecule has 0 spiro atoms. The maximum absolute atomic E-state index is 14.1. The lowest BCUT2D eigenvalue weighted by atomic mass is 10.1. The van der Waals surface area contributed by atoms with E-state index in [1.165, 1.54) is 37.4 Å². The number of likely N-dealkylation sites (tertiary alicyclic amines) is 1. The fourth-order valence-corrected chi connectivity index (χ4v) is 4.17. The van der Waals surface area contributed by atoms with E-state index in [9.17, 15) is 4.39 Å². The number of nitrogen functional groups attached to an aromatic ring is 1. The Hall–Kier alpha value is -1.37. The molecule has 7 heteroatoms. The van der Waals surface area contributed by atoms with Crippen molar-refractivity contribution in [2.24, 2.45) is 0 Å². The van der Waals surface area contributed by atoms with Crippen molar-refractivity contribution in [3.63, 3.8) is 0 Å². The topological polar surface area (TPSA) is 51.4 Å². The molecule has 4 nitrogen and oxygen atoms in total. The lowest BCUT2D eigenvalue weighted by molar-refractivity contribution is 0.263. The van der Waals surface area contributed by atoms with Gasteiger partial charge in [-0.05, 0) is 38.4 Å². The number of methoxy groups -OCH3 is 1. The second kappa shape index (κ2) is 6.63. The third-order valence-electron chi connectivity index (χ3n) is 4.23. The van der Waals surface area contributed by atoms with Crippen molar-refractivity contribution in [1.29, 1.82) is 0 Å². The van der Waals surface area contributed by atoms with E-state index in [-0.39, 0.29) is 10.8 Å². The second-order valence-electron chi connectivity index (χ2n) is 5.76. The Kier molecular flexibility index (Phi) is 4.75. The van der Waals surface area contributed by atoms with E-state index in [1.807, 2.05) is 0 Å². The van der Waals surface area contributed by atoms with Crippen molar-refractivity contribution in [3.05, 3.63) is 27.8 Å². The molecule has 2 N–H and O–H groups in total. The van der Waals surface area contributed by atoms with Crippen molar-refractivity contribution in [2.45, 2.75) is 32.4 Å². The van der Waals surface area contributed by atoms with Crippen LogP contribution in [0.15, 0.2) is 12.1 Å². The highest BCUT2D eigenvalue weighted by atomic mass is 35.5. The molecule has 2 heterocycles. The van der Waals surface area contributed by atoms with Crippen LogP contribution >= 0.6 is 22.9 Å². The molecule has 1 saturated heterocycles. The molecule has 1 aromatic carbocycles. The Morgan fingerprint density at radius 1 is 1.52 bits per heavy atom. The van der Waals surface area contributed by atoms with Gasteiger partial charge in [0.25, 0.3) is 0 Å². The highest BCUT2D eigenvalue weighted by molar-refractivity contribution is 7.15. The molecule has 0 amide bonds. The van der Waals surface area contributed by atoms with Crippen LogP contribution in [0.5, 0.6) is 5.75 Å². The van der Waals surface area contributed by atoms with E-state index in [0.717, 1.165) is 18.0 Å². The van der Waals surface area contributed by atoms with Gasteiger partial charge in [0.15, 0.2) is 16.7 Å². The summed E-state index contributed by atoms with van der Waals surface area (Å²) in [4.78, 5) is 7.83. The first kappa shape index (κ1) is 16.5. The molecule has 3 rings (SSSR count). The van der Waals surface area contributed by atoms with Gasteiger partial charge in [0.1, 0.15) is 0 Å². The highest BCUT2D eigenvalue weighted by Crippen LogP contribution is 2.37. The normalized spacial score (nSPS) is 18.5.